The zero-order valence-electron chi connectivity index (χ0n) is 15.1. The standard InChI is InChI=1S/C19H24N2O4/c1-5-25-18(24)9-8-16(22)20-12-6-7-13-14(19(2,3)4)11-17(23)21-15(13)10-12/h6-7,10-11,13H,5,8-9H2,1-4H3,(H,21,23). The molecule has 6 heteroatoms. The van der Waals surface area contributed by atoms with Crippen LogP contribution in [0.15, 0.2) is 40.6 Å². The number of hydrogen-bond acceptors (Lipinski definition) is 4. The van der Waals surface area contributed by atoms with Gasteiger partial charge < -0.3 is 10.1 Å². The number of rotatable bonds is 4. The number of esters is 1. The van der Waals surface area contributed by atoms with Gasteiger partial charge in [-0.1, -0.05) is 26.8 Å². The molecule has 2 amide bonds. The van der Waals surface area contributed by atoms with Crippen LogP contribution in [0, 0.1) is 11.3 Å². The number of nitrogens with zero attached hydrogens (tertiary/aromatic N) is 1. The molecule has 134 valence electrons. The highest BCUT2D eigenvalue weighted by atomic mass is 16.5. The van der Waals surface area contributed by atoms with Crippen LogP contribution in [0.1, 0.15) is 40.5 Å². The smallest absolute Gasteiger partial charge is 0.306 e. The lowest BCUT2D eigenvalue weighted by Gasteiger charge is -2.34. The van der Waals surface area contributed by atoms with E-state index >= 15 is 0 Å². The number of nitrogens with one attached hydrogen (secondary N) is 1. The maximum atomic E-state index is 11.9. The van der Waals surface area contributed by atoms with Gasteiger partial charge in [-0.2, -0.15) is 0 Å². The molecular formula is C19H24N2O4. The van der Waals surface area contributed by atoms with Crippen LogP contribution < -0.4 is 5.32 Å². The summed E-state index contributed by atoms with van der Waals surface area (Å²) in [6.45, 7) is 8.19. The SMILES string of the molecule is CCOC(=O)CCC(=O)N=C1C=CC2C(=C1)NC(=O)C=C2C(C)(C)C. The highest BCUT2D eigenvalue weighted by molar-refractivity contribution is 6.11. The Morgan fingerprint density at radius 2 is 1.96 bits per heavy atom. The number of hydrogen-bond donors (Lipinski definition) is 1. The Bertz CT molecular complexity index is 705. The van der Waals surface area contributed by atoms with Crippen LogP contribution in [-0.2, 0) is 19.1 Å². The number of carbonyl (C=O) groups is 3. The monoisotopic (exact) mass is 344 g/mol. The molecule has 2 rings (SSSR count). The fourth-order valence-corrected chi connectivity index (χ4v) is 2.78. The molecule has 1 aliphatic carbocycles. The summed E-state index contributed by atoms with van der Waals surface area (Å²) in [6, 6.07) is 0. The van der Waals surface area contributed by atoms with Crippen LogP contribution in [0.5, 0.6) is 0 Å². The van der Waals surface area contributed by atoms with E-state index in [0.717, 1.165) is 11.3 Å². The van der Waals surface area contributed by atoms with Crippen molar-refractivity contribution in [2.75, 3.05) is 6.61 Å². The summed E-state index contributed by atoms with van der Waals surface area (Å²) < 4.78 is 4.79. The van der Waals surface area contributed by atoms with E-state index < -0.39 is 11.9 Å². The fraction of sp³-hybridized carbons (Fsp3) is 0.474. The van der Waals surface area contributed by atoms with E-state index in [4.69, 9.17) is 4.74 Å². The van der Waals surface area contributed by atoms with Crippen molar-refractivity contribution in [2.24, 2.45) is 16.3 Å². The predicted octanol–water partition coefficient (Wildman–Crippen LogP) is 2.47. The summed E-state index contributed by atoms with van der Waals surface area (Å²) in [5.41, 5.74) is 2.06. The largest absolute Gasteiger partial charge is 0.466 e. The first-order chi connectivity index (χ1) is 11.7. The zero-order chi connectivity index (χ0) is 18.6. The Morgan fingerprint density at radius 3 is 2.60 bits per heavy atom. The number of allylic oxidation sites excluding steroid dienone is 3. The first-order valence-electron chi connectivity index (χ1n) is 8.40. The van der Waals surface area contributed by atoms with Crippen LogP contribution in [0.25, 0.3) is 0 Å². The lowest BCUT2D eigenvalue weighted by Crippen LogP contribution is -2.36. The molecule has 0 saturated carbocycles. The molecule has 25 heavy (non-hydrogen) atoms. The summed E-state index contributed by atoms with van der Waals surface area (Å²) in [6.07, 6.45) is 7.07. The minimum Gasteiger partial charge on any atom is -0.466 e. The van der Waals surface area contributed by atoms with E-state index in [1.54, 1.807) is 25.2 Å². The number of amides is 2. The van der Waals surface area contributed by atoms with Crippen LogP contribution in [0.2, 0.25) is 0 Å². The van der Waals surface area contributed by atoms with Gasteiger partial charge in [-0.3, -0.25) is 14.4 Å². The van der Waals surface area contributed by atoms with Crippen molar-refractivity contribution < 1.29 is 19.1 Å². The maximum absolute atomic E-state index is 11.9. The summed E-state index contributed by atoms with van der Waals surface area (Å²) in [5, 5.41) is 2.82. The molecule has 1 aliphatic heterocycles. The van der Waals surface area contributed by atoms with Crippen molar-refractivity contribution in [3.63, 3.8) is 0 Å². The third kappa shape index (κ3) is 4.98. The fourth-order valence-electron chi connectivity index (χ4n) is 2.78. The van der Waals surface area contributed by atoms with Crippen molar-refractivity contribution in [3.8, 4) is 0 Å². The van der Waals surface area contributed by atoms with Crippen molar-refractivity contribution in [3.05, 3.63) is 35.6 Å². The summed E-state index contributed by atoms with van der Waals surface area (Å²) >= 11 is 0. The van der Waals surface area contributed by atoms with Gasteiger partial charge in [0.1, 0.15) is 0 Å². The summed E-state index contributed by atoms with van der Waals surface area (Å²) in [4.78, 5) is 39.1. The highest BCUT2D eigenvalue weighted by Gasteiger charge is 2.32. The minimum atomic E-state index is -0.409. The first-order valence-corrected chi connectivity index (χ1v) is 8.40. The number of aliphatic imine (C=N–C) groups is 1. The van der Waals surface area contributed by atoms with E-state index in [1.807, 2.05) is 6.08 Å². The zero-order valence-corrected chi connectivity index (χ0v) is 15.1. The van der Waals surface area contributed by atoms with Gasteiger partial charge in [-0.15, -0.1) is 0 Å². The number of ether oxygens (including phenoxy) is 1. The molecule has 1 N–H and O–H groups in total. The average molecular weight is 344 g/mol. The Labute approximate surface area is 147 Å². The first kappa shape index (κ1) is 18.8. The molecule has 2 aliphatic rings. The van der Waals surface area contributed by atoms with E-state index in [1.165, 1.54) is 0 Å². The van der Waals surface area contributed by atoms with Crippen molar-refractivity contribution in [2.45, 2.75) is 40.5 Å². The molecule has 6 nitrogen and oxygen atoms in total. The van der Waals surface area contributed by atoms with E-state index in [-0.39, 0.29) is 30.1 Å². The highest BCUT2D eigenvalue weighted by Crippen LogP contribution is 2.38. The van der Waals surface area contributed by atoms with Crippen molar-refractivity contribution >= 4 is 23.5 Å². The average Bonchev–Trinajstić information content (AvgIpc) is 2.51. The second kappa shape index (κ2) is 7.59. The molecule has 0 aromatic rings. The Kier molecular flexibility index (Phi) is 5.72. The molecule has 0 fully saturated rings. The van der Waals surface area contributed by atoms with Gasteiger partial charge in [-0.05, 0) is 30.1 Å². The molecule has 1 atom stereocenters. The van der Waals surface area contributed by atoms with Gasteiger partial charge >= 0.3 is 5.97 Å². The van der Waals surface area contributed by atoms with Crippen molar-refractivity contribution in [1.29, 1.82) is 0 Å². The normalized spacial score (nSPS) is 21.2. The molecule has 0 saturated heterocycles. The molecule has 1 heterocycles. The van der Waals surface area contributed by atoms with Gasteiger partial charge in [0.05, 0.1) is 18.7 Å². The lowest BCUT2D eigenvalue weighted by atomic mass is 9.74. The van der Waals surface area contributed by atoms with E-state index in [2.05, 4.69) is 31.1 Å². The molecule has 1 unspecified atom stereocenters. The topological polar surface area (TPSA) is 84.8 Å². The van der Waals surface area contributed by atoms with Crippen LogP contribution in [0.3, 0.4) is 0 Å². The quantitative estimate of drug-likeness (QED) is 0.794. The third-order valence-electron chi connectivity index (χ3n) is 3.96. The number of carbonyl (C=O) groups excluding carboxylic acids is 3. The summed E-state index contributed by atoms with van der Waals surface area (Å²) in [5.74, 6) is -0.994. The second-order valence-electron chi connectivity index (χ2n) is 7.01. The maximum Gasteiger partial charge on any atom is 0.306 e. The van der Waals surface area contributed by atoms with Crippen LogP contribution >= 0.6 is 0 Å². The van der Waals surface area contributed by atoms with Crippen molar-refractivity contribution in [1.82, 2.24) is 5.32 Å². The molecule has 0 spiro atoms. The lowest BCUT2D eigenvalue weighted by molar-refractivity contribution is -0.144. The molecular weight excluding hydrogens is 320 g/mol. The molecule has 0 radical (unpaired) electrons. The summed E-state index contributed by atoms with van der Waals surface area (Å²) in [7, 11) is 0. The van der Waals surface area contributed by atoms with Gasteiger partial charge in [0, 0.05) is 24.1 Å². The predicted molar refractivity (Wildman–Crippen MR) is 94.7 cm³/mol. The van der Waals surface area contributed by atoms with Gasteiger partial charge in [-0.25, -0.2) is 4.99 Å². The molecule has 0 aromatic carbocycles. The van der Waals surface area contributed by atoms with Crippen LogP contribution in [0.4, 0.5) is 0 Å². The minimum absolute atomic E-state index is 0.00226. The van der Waals surface area contributed by atoms with E-state index in [9.17, 15) is 14.4 Å². The van der Waals surface area contributed by atoms with Gasteiger partial charge in [0.15, 0.2) is 0 Å². The third-order valence-corrected chi connectivity index (χ3v) is 3.96. The Morgan fingerprint density at radius 1 is 1.24 bits per heavy atom. The molecule has 0 bridgehead atoms. The Hall–Kier alpha value is -2.50. The van der Waals surface area contributed by atoms with Gasteiger partial charge in [0.25, 0.3) is 0 Å². The molecule has 0 aromatic heterocycles. The van der Waals surface area contributed by atoms with Crippen LogP contribution in [-0.4, -0.2) is 30.1 Å². The Balaban J connectivity index is 2.11. The van der Waals surface area contributed by atoms with E-state index in [0.29, 0.717) is 12.3 Å². The number of fused-ring (bicyclic) bond motifs is 1. The van der Waals surface area contributed by atoms with Gasteiger partial charge in [0.2, 0.25) is 11.8 Å². The second-order valence-corrected chi connectivity index (χ2v) is 7.01.